The summed E-state index contributed by atoms with van der Waals surface area (Å²) in [6.45, 7) is 0. The molecule has 1 amide bonds. The SMILES string of the molecule is O=C(N[SH](=O)=O)C(=O)c1c[nH]nn1.c1ccc2ncccc2c1. The van der Waals surface area contributed by atoms with Crippen molar-refractivity contribution in [3.05, 3.63) is 54.5 Å². The van der Waals surface area contributed by atoms with Crippen LogP contribution < -0.4 is 4.72 Å². The van der Waals surface area contributed by atoms with Gasteiger partial charge in [-0.05, 0) is 12.1 Å². The minimum absolute atomic E-state index is 0.241. The van der Waals surface area contributed by atoms with Crippen LogP contribution in [0.1, 0.15) is 10.5 Å². The van der Waals surface area contributed by atoms with E-state index in [0.717, 1.165) is 11.7 Å². The summed E-state index contributed by atoms with van der Waals surface area (Å²) in [6, 6.07) is 12.1. The standard InChI is InChI=1S/C9H7N.C4H4N4O4S/c1-2-6-9-8(4-1)5-3-7-10-9;9-3(2-1-5-8-6-2)4(10)7-13(11)12/h1-7H;1,13H,(H,5,6,8)(H,7,10,11,12). The van der Waals surface area contributed by atoms with Gasteiger partial charge in [0.2, 0.25) is 10.9 Å². The highest BCUT2D eigenvalue weighted by atomic mass is 32.2. The predicted octanol–water partition coefficient (Wildman–Crippen LogP) is -0.135. The molecule has 0 saturated heterocycles. The molecule has 10 heteroatoms. The van der Waals surface area contributed by atoms with Crippen molar-refractivity contribution in [1.29, 1.82) is 0 Å². The summed E-state index contributed by atoms with van der Waals surface area (Å²) in [6.07, 6.45) is 2.89. The molecule has 2 aromatic heterocycles. The van der Waals surface area contributed by atoms with E-state index < -0.39 is 22.6 Å². The van der Waals surface area contributed by atoms with Gasteiger partial charge in [0.25, 0.3) is 5.78 Å². The van der Waals surface area contributed by atoms with E-state index >= 15 is 0 Å². The summed E-state index contributed by atoms with van der Waals surface area (Å²) in [5.41, 5.74) is 0.819. The number of carbonyl (C=O) groups is 2. The van der Waals surface area contributed by atoms with E-state index in [1.165, 1.54) is 10.1 Å². The Morgan fingerprint density at radius 3 is 2.48 bits per heavy atom. The van der Waals surface area contributed by atoms with E-state index in [2.05, 4.69) is 32.5 Å². The van der Waals surface area contributed by atoms with E-state index in [4.69, 9.17) is 0 Å². The molecular weight excluding hydrogens is 322 g/mol. The number of hydrogen-bond acceptors (Lipinski definition) is 7. The summed E-state index contributed by atoms with van der Waals surface area (Å²) in [5.74, 6) is -2.32. The molecule has 3 rings (SSSR count). The number of hydrogen-bond donors (Lipinski definition) is 3. The molecule has 0 bridgehead atoms. The summed E-state index contributed by atoms with van der Waals surface area (Å²) >= 11 is 0. The number of ketones is 1. The molecule has 118 valence electrons. The Labute approximate surface area is 131 Å². The largest absolute Gasteiger partial charge is 0.307 e. The number of aromatic nitrogens is 4. The van der Waals surface area contributed by atoms with E-state index in [9.17, 15) is 18.0 Å². The smallest absolute Gasteiger partial charge is 0.281 e. The predicted molar refractivity (Wildman–Crippen MR) is 80.9 cm³/mol. The first-order valence-corrected chi connectivity index (χ1v) is 7.41. The van der Waals surface area contributed by atoms with E-state index in [1.54, 1.807) is 0 Å². The van der Waals surface area contributed by atoms with Crippen LogP contribution in [0.5, 0.6) is 0 Å². The summed E-state index contributed by atoms with van der Waals surface area (Å²) in [5, 5.41) is 9.81. The molecule has 0 aliphatic heterocycles. The Hall–Kier alpha value is -3.14. The number of benzene rings is 1. The normalized spacial score (nSPS) is 9.96. The molecule has 0 atom stereocenters. The third kappa shape index (κ3) is 4.68. The lowest BCUT2D eigenvalue weighted by atomic mass is 10.2. The van der Waals surface area contributed by atoms with E-state index in [0.29, 0.717) is 0 Å². The van der Waals surface area contributed by atoms with Crippen molar-refractivity contribution in [3.63, 3.8) is 0 Å². The highest BCUT2D eigenvalue weighted by Gasteiger charge is 2.18. The summed E-state index contributed by atoms with van der Waals surface area (Å²) in [7, 11) is -3.13. The maximum Gasteiger partial charge on any atom is 0.307 e. The maximum absolute atomic E-state index is 10.9. The van der Waals surface area contributed by atoms with Crippen molar-refractivity contribution < 1.29 is 18.0 Å². The fourth-order valence-electron chi connectivity index (χ4n) is 1.58. The second kappa shape index (κ2) is 7.75. The van der Waals surface area contributed by atoms with Crippen LogP contribution in [0.2, 0.25) is 0 Å². The monoisotopic (exact) mass is 333 g/mol. The molecule has 3 aromatic rings. The number of amides is 1. The molecule has 0 aliphatic rings. The molecule has 1 aromatic carbocycles. The van der Waals surface area contributed by atoms with Gasteiger partial charge < -0.3 is 0 Å². The lowest BCUT2D eigenvalue weighted by Gasteiger charge is -1.91. The highest BCUT2D eigenvalue weighted by molar-refractivity contribution is 7.71. The average molecular weight is 333 g/mol. The summed E-state index contributed by atoms with van der Waals surface area (Å²) in [4.78, 5) is 25.8. The molecule has 9 nitrogen and oxygen atoms in total. The van der Waals surface area contributed by atoms with Gasteiger partial charge in [-0.1, -0.05) is 29.5 Å². The molecule has 0 aliphatic carbocycles. The number of carbonyl (C=O) groups excluding carboxylic acids is 2. The van der Waals surface area contributed by atoms with Crippen molar-refractivity contribution in [2.75, 3.05) is 0 Å². The Morgan fingerprint density at radius 1 is 1.09 bits per heavy atom. The Kier molecular flexibility index (Phi) is 5.47. The number of nitrogens with zero attached hydrogens (tertiary/aromatic N) is 3. The molecule has 0 fully saturated rings. The van der Waals surface area contributed by atoms with Crippen molar-refractivity contribution >= 4 is 33.5 Å². The lowest BCUT2D eigenvalue weighted by Crippen LogP contribution is -2.29. The zero-order valence-electron chi connectivity index (χ0n) is 11.5. The third-order valence-corrected chi connectivity index (χ3v) is 2.95. The third-order valence-electron chi connectivity index (χ3n) is 2.56. The molecule has 0 radical (unpaired) electrons. The quantitative estimate of drug-likeness (QED) is 0.345. The Morgan fingerprint density at radius 2 is 1.83 bits per heavy atom. The van der Waals surface area contributed by atoms with Gasteiger partial charge in [0, 0.05) is 11.6 Å². The molecule has 0 spiro atoms. The van der Waals surface area contributed by atoms with Crippen LogP contribution in [-0.4, -0.2) is 40.5 Å². The second-order valence-electron chi connectivity index (χ2n) is 4.08. The van der Waals surface area contributed by atoms with Gasteiger partial charge in [0.15, 0.2) is 5.69 Å². The number of aromatic amines is 1. The molecule has 2 N–H and O–H groups in total. The van der Waals surface area contributed by atoms with Gasteiger partial charge in [0.05, 0.1) is 11.7 Å². The van der Waals surface area contributed by atoms with Crippen LogP contribution in [0.4, 0.5) is 0 Å². The van der Waals surface area contributed by atoms with Gasteiger partial charge in [-0.2, -0.15) is 0 Å². The summed E-state index contributed by atoms with van der Waals surface area (Å²) < 4.78 is 21.4. The zero-order chi connectivity index (χ0) is 16.7. The fourth-order valence-corrected chi connectivity index (χ4v) is 1.85. The van der Waals surface area contributed by atoms with Gasteiger partial charge >= 0.3 is 5.91 Å². The minimum atomic E-state index is -3.13. The van der Waals surface area contributed by atoms with Crippen molar-refractivity contribution in [2.45, 2.75) is 0 Å². The molecule has 23 heavy (non-hydrogen) atoms. The van der Waals surface area contributed by atoms with Crippen molar-refractivity contribution in [1.82, 2.24) is 25.1 Å². The molecule has 0 saturated carbocycles. The van der Waals surface area contributed by atoms with E-state index in [-0.39, 0.29) is 5.69 Å². The van der Waals surface area contributed by atoms with Crippen LogP contribution in [0.3, 0.4) is 0 Å². The van der Waals surface area contributed by atoms with Gasteiger partial charge in [-0.15, -0.1) is 5.10 Å². The molecule has 2 heterocycles. The Bertz CT molecular complexity index is 819. The van der Waals surface area contributed by atoms with Gasteiger partial charge in [-0.25, -0.2) is 13.1 Å². The lowest BCUT2D eigenvalue weighted by molar-refractivity contribution is -0.115. The van der Waals surface area contributed by atoms with Crippen molar-refractivity contribution in [3.8, 4) is 0 Å². The van der Waals surface area contributed by atoms with Gasteiger partial charge in [0.1, 0.15) is 0 Å². The maximum atomic E-state index is 10.9. The minimum Gasteiger partial charge on any atom is -0.281 e. The van der Waals surface area contributed by atoms with Crippen LogP contribution in [0, 0.1) is 0 Å². The molecule has 0 unspecified atom stereocenters. The van der Waals surface area contributed by atoms with Crippen LogP contribution in [0.25, 0.3) is 10.9 Å². The number of para-hydroxylation sites is 1. The number of rotatable bonds is 3. The number of thiol groups is 1. The first-order valence-electron chi connectivity index (χ1n) is 6.24. The average Bonchev–Trinajstić information content (AvgIpc) is 3.08. The molecular formula is C13H11N5O4S. The highest BCUT2D eigenvalue weighted by Crippen LogP contribution is 2.07. The first-order chi connectivity index (χ1) is 11.1. The number of fused-ring (bicyclic) bond motifs is 1. The van der Waals surface area contributed by atoms with Gasteiger partial charge in [-0.3, -0.25) is 19.7 Å². The van der Waals surface area contributed by atoms with E-state index in [1.807, 2.05) is 30.5 Å². The number of nitrogens with one attached hydrogen (secondary N) is 2. The van der Waals surface area contributed by atoms with Crippen LogP contribution >= 0.6 is 0 Å². The zero-order valence-corrected chi connectivity index (χ0v) is 12.4. The topological polar surface area (TPSA) is 135 Å². The van der Waals surface area contributed by atoms with Crippen LogP contribution in [-0.2, 0) is 15.7 Å². The first kappa shape index (κ1) is 16.2. The second-order valence-corrected chi connectivity index (χ2v) is 4.82. The van der Waals surface area contributed by atoms with Crippen LogP contribution in [0.15, 0.2) is 48.8 Å². The number of Topliss-reactive ketones (excluding diaryl/α,β-unsaturated/α-hetero) is 1. The Balaban J connectivity index is 0.000000172. The number of H-pyrrole nitrogens is 1. The fraction of sp³-hybridized carbons (Fsp3) is 0. The number of pyridine rings is 1. The van der Waals surface area contributed by atoms with Crippen molar-refractivity contribution in [2.24, 2.45) is 0 Å².